The van der Waals surface area contributed by atoms with Crippen molar-refractivity contribution < 1.29 is 13.5 Å². The van der Waals surface area contributed by atoms with Crippen LogP contribution in [0.2, 0.25) is 0 Å². The topological polar surface area (TPSA) is 69.6 Å². The van der Waals surface area contributed by atoms with Gasteiger partial charge in [0.25, 0.3) is 0 Å². The van der Waals surface area contributed by atoms with E-state index in [9.17, 15) is 8.42 Å². The molecule has 1 aromatic carbocycles. The lowest BCUT2D eigenvalue weighted by atomic mass is 9.97. The third-order valence-corrected chi connectivity index (χ3v) is 5.45. The average molecular weight is 312 g/mol. The SMILES string of the molecule is CC(C)NS(=O)(=O)c1ccc(N2CCC(CO)CC2)cc1. The van der Waals surface area contributed by atoms with Crippen LogP contribution in [0, 0.1) is 5.92 Å². The van der Waals surface area contributed by atoms with Crippen molar-refractivity contribution in [3.63, 3.8) is 0 Å². The molecule has 118 valence electrons. The molecular formula is C15H24N2O3S. The molecule has 1 fully saturated rings. The molecule has 2 rings (SSSR count). The van der Waals surface area contributed by atoms with Crippen LogP contribution in [0.4, 0.5) is 5.69 Å². The Morgan fingerprint density at radius 2 is 1.81 bits per heavy atom. The maximum Gasteiger partial charge on any atom is 0.240 e. The number of aliphatic hydroxyl groups excluding tert-OH is 1. The fraction of sp³-hybridized carbons (Fsp3) is 0.600. The maximum absolute atomic E-state index is 12.1. The molecule has 0 unspecified atom stereocenters. The van der Waals surface area contributed by atoms with Gasteiger partial charge in [0.05, 0.1) is 4.90 Å². The second kappa shape index (κ2) is 6.77. The predicted octanol–water partition coefficient (Wildman–Crippen LogP) is 1.58. The largest absolute Gasteiger partial charge is 0.396 e. The van der Waals surface area contributed by atoms with E-state index >= 15 is 0 Å². The number of benzene rings is 1. The molecule has 0 saturated carbocycles. The zero-order valence-corrected chi connectivity index (χ0v) is 13.4. The zero-order chi connectivity index (χ0) is 15.5. The number of anilines is 1. The Kier molecular flexibility index (Phi) is 5.24. The second-order valence-electron chi connectivity index (χ2n) is 5.88. The number of rotatable bonds is 5. The van der Waals surface area contributed by atoms with Gasteiger partial charge in [-0.1, -0.05) is 0 Å². The number of aliphatic hydroxyl groups is 1. The highest BCUT2D eigenvalue weighted by atomic mass is 32.2. The predicted molar refractivity (Wildman–Crippen MR) is 83.9 cm³/mol. The fourth-order valence-corrected chi connectivity index (χ4v) is 3.84. The van der Waals surface area contributed by atoms with E-state index in [1.165, 1.54) is 0 Å². The van der Waals surface area contributed by atoms with Gasteiger partial charge in [-0.25, -0.2) is 13.1 Å². The van der Waals surface area contributed by atoms with Crippen molar-refractivity contribution in [2.24, 2.45) is 5.92 Å². The summed E-state index contributed by atoms with van der Waals surface area (Å²) in [5.41, 5.74) is 1.04. The molecule has 5 nitrogen and oxygen atoms in total. The number of piperidine rings is 1. The Hall–Kier alpha value is -1.11. The molecule has 0 amide bonds. The van der Waals surface area contributed by atoms with Gasteiger partial charge >= 0.3 is 0 Å². The minimum absolute atomic E-state index is 0.118. The minimum Gasteiger partial charge on any atom is -0.396 e. The Morgan fingerprint density at radius 3 is 2.29 bits per heavy atom. The molecule has 1 saturated heterocycles. The molecule has 21 heavy (non-hydrogen) atoms. The minimum atomic E-state index is -3.42. The maximum atomic E-state index is 12.1. The Balaban J connectivity index is 2.06. The number of sulfonamides is 1. The molecule has 1 aliphatic heterocycles. The van der Waals surface area contributed by atoms with Gasteiger partial charge in [0.2, 0.25) is 10.0 Å². The molecule has 0 aromatic heterocycles. The molecule has 0 bridgehead atoms. The monoisotopic (exact) mass is 312 g/mol. The van der Waals surface area contributed by atoms with Crippen molar-refractivity contribution in [2.75, 3.05) is 24.6 Å². The van der Waals surface area contributed by atoms with Gasteiger partial charge in [-0.2, -0.15) is 0 Å². The molecule has 6 heteroatoms. The third kappa shape index (κ3) is 4.18. The number of nitrogens with zero attached hydrogens (tertiary/aromatic N) is 1. The van der Waals surface area contributed by atoms with Gasteiger partial charge in [0.15, 0.2) is 0 Å². The van der Waals surface area contributed by atoms with Gasteiger partial charge in [-0.05, 0) is 56.9 Å². The Morgan fingerprint density at radius 1 is 1.24 bits per heavy atom. The highest BCUT2D eigenvalue weighted by Crippen LogP contribution is 2.24. The van der Waals surface area contributed by atoms with Crippen molar-refractivity contribution in [3.05, 3.63) is 24.3 Å². The molecule has 0 radical (unpaired) electrons. The summed E-state index contributed by atoms with van der Waals surface area (Å²) in [7, 11) is -3.42. The highest BCUT2D eigenvalue weighted by Gasteiger charge is 2.20. The highest BCUT2D eigenvalue weighted by molar-refractivity contribution is 7.89. The van der Waals surface area contributed by atoms with Crippen LogP contribution in [0.25, 0.3) is 0 Å². The van der Waals surface area contributed by atoms with Crippen molar-refractivity contribution >= 4 is 15.7 Å². The summed E-state index contributed by atoms with van der Waals surface area (Å²) in [5.74, 6) is 0.399. The van der Waals surface area contributed by atoms with Crippen LogP contribution in [0.15, 0.2) is 29.2 Å². The standard InChI is InChI=1S/C15H24N2O3S/c1-12(2)16-21(19,20)15-5-3-14(4-6-15)17-9-7-13(11-18)8-10-17/h3-6,12-13,16,18H,7-11H2,1-2H3. The van der Waals surface area contributed by atoms with Crippen LogP contribution in [0.3, 0.4) is 0 Å². The third-order valence-electron chi connectivity index (χ3n) is 3.78. The van der Waals surface area contributed by atoms with E-state index in [0.29, 0.717) is 10.8 Å². The Labute approximate surface area is 127 Å². The first kappa shape index (κ1) is 16.3. The first-order valence-electron chi connectivity index (χ1n) is 7.40. The van der Waals surface area contributed by atoms with E-state index in [0.717, 1.165) is 31.6 Å². The summed E-state index contributed by atoms with van der Waals surface area (Å²) >= 11 is 0. The first-order chi connectivity index (χ1) is 9.92. The van der Waals surface area contributed by atoms with Crippen LogP contribution in [-0.4, -0.2) is 39.3 Å². The van der Waals surface area contributed by atoms with Gasteiger partial charge in [-0.15, -0.1) is 0 Å². The summed E-state index contributed by atoms with van der Waals surface area (Å²) in [6, 6.07) is 6.89. The molecule has 0 aliphatic carbocycles. The number of nitrogens with one attached hydrogen (secondary N) is 1. The zero-order valence-electron chi connectivity index (χ0n) is 12.6. The summed E-state index contributed by atoms with van der Waals surface area (Å²) in [6.07, 6.45) is 1.96. The summed E-state index contributed by atoms with van der Waals surface area (Å²) < 4.78 is 26.7. The molecule has 2 N–H and O–H groups in total. The van der Waals surface area contributed by atoms with Crippen LogP contribution in [0.5, 0.6) is 0 Å². The smallest absolute Gasteiger partial charge is 0.240 e. The van der Waals surface area contributed by atoms with Crippen molar-refractivity contribution in [2.45, 2.75) is 37.6 Å². The lowest BCUT2D eigenvalue weighted by Crippen LogP contribution is -2.34. The molecule has 1 heterocycles. The quantitative estimate of drug-likeness (QED) is 0.866. The molecule has 0 atom stereocenters. The van der Waals surface area contributed by atoms with Crippen molar-refractivity contribution in [1.29, 1.82) is 0 Å². The normalized spacial score (nSPS) is 17.4. The van der Waals surface area contributed by atoms with E-state index in [-0.39, 0.29) is 12.6 Å². The molecule has 1 aliphatic rings. The van der Waals surface area contributed by atoms with Crippen molar-refractivity contribution in [1.82, 2.24) is 4.72 Å². The van der Waals surface area contributed by atoms with Gasteiger partial charge < -0.3 is 10.0 Å². The summed E-state index contributed by atoms with van der Waals surface area (Å²) in [4.78, 5) is 2.53. The van der Waals surface area contributed by atoms with Crippen LogP contribution < -0.4 is 9.62 Å². The molecule has 1 aromatic rings. The lowest BCUT2D eigenvalue weighted by Gasteiger charge is -2.32. The van der Waals surface area contributed by atoms with Crippen LogP contribution >= 0.6 is 0 Å². The molecule has 0 spiro atoms. The van der Waals surface area contributed by atoms with Crippen molar-refractivity contribution in [3.8, 4) is 0 Å². The van der Waals surface area contributed by atoms with Crippen LogP contribution in [0.1, 0.15) is 26.7 Å². The van der Waals surface area contributed by atoms with E-state index in [1.54, 1.807) is 26.0 Å². The fourth-order valence-electron chi connectivity index (χ4n) is 2.59. The van der Waals surface area contributed by atoms with Gasteiger partial charge in [0.1, 0.15) is 0 Å². The van der Waals surface area contributed by atoms with E-state index < -0.39 is 10.0 Å². The van der Waals surface area contributed by atoms with Gasteiger partial charge in [-0.3, -0.25) is 0 Å². The number of hydrogen-bond acceptors (Lipinski definition) is 4. The average Bonchev–Trinajstić information content (AvgIpc) is 2.46. The van der Waals surface area contributed by atoms with Gasteiger partial charge in [0, 0.05) is 31.4 Å². The van der Waals surface area contributed by atoms with E-state index in [4.69, 9.17) is 5.11 Å². The Bertz CT molecular complexity index is 547. The summed E-state index contributed by atoms with van der Waals surface area (Å²) in [5, 5.41) is 9.15. The van der Waals surface area contributed by atoms with E-state index in [2.05, 4.69) is 9.62 Å². The summed E-state index contributed by atoms with van der Waals surface area (Å²) in [6.45, 7) is 5.67. The first-order valence-corrected chi connectivity index (χ1v) is 8.89. The lowest BCUT2D eigenvalue weighted by molar-refractivity contribution is 0.203. The molecular weight excluding hydrogens is 288 g/mol. The number of hydrogen-bond donors (Lipinski definition) is 2. The van der Waals surface area contributed by atoms with E-state index in [1.807, 2.05) is 12.1 Å². The van der Waals surface area contributed by atoms with Crippen LogP contribution in [-0.2, 0) is 10.0 Å². The second-order valence-corrected chi connectivity index (χ2v) is 7.60.